The Bertz CT molecular complexity index is 728. The van der Waals surface area contributed by atoms with Gasteiger partial charge in [-0.3, -0.25) is 4.79 Å². The molecule has 4 nitrogen and oxygen atoms in total. The lowest BCUT2D eigenvalue weighted by Gasteiger charge is -2.06. The number of hydrazone groups is 1. The summed E-state index contributed by atoms with van der Waals surface area (Å²) in [6.45, 7) is -0.278. The molecule has 0 heterocycles. The summed E-state index contributed by atoms with van der Waals surface area (Å²) in [5, 5.41) is 4.14. The van der Waals surface area contributed by atoms with Crippen molar-refractivity contribution in [3.8, 4) is 5.75 Å². The fourth-order valence-electron chi connectivity index (χ4n) is 2.39. The molecule has 2 aromatic rings. The molecule has 3 rings (SSSR count). The fourth-order valence-corrected chi connectivity index (χ4v) is 2.39. The maximum atomic E-state index is 13.4. The van der Waals surface area contributed by atoms with Crippen molar-refractivity contribution in [1.29, 1.82) is 0 Å². The van der Waals surface area contributed by atoms with Crippen molar-refractivity contribution >= 4 is 11.6 Å². The highest BCUT2D eigenvalue weighted by molar-refractivity contribution is 6.04. The summed E-state index contributed by atoms with van der Waals surface area (Å²) in [5.41, 5.74) is 5.61. The zero-order valence-electron chi connectivity index (χ0n) is 11.9. The predicted molar refractivity (Wildman–Crippen MR) is 81.3 cm³/mol. The van der Waals surface area contributed by atoms with Crippen molar-refractivity contribution in [2.75, 3.05) is 6.61 Å². The molecule has 1 aliphatic rings. The number of nitrogens with one attached hydrogen (secondary N) is 1. The van der Waals surface area contributed by atoms with Gasteiger partial charge in [0.2, 0.25) is 0 Å². The van der Waals surface area contributed by atoms with Crippen LogP contribution in [0.5, 0.6) is 5.75 Å². The van der Waals surface area contributed by atoms with Crippen LogP contribution in [0, 0.1) is 5.82 Å². The molecule has 0 bridgehead atoms. The third kappa shape index (κ3) is 3.14. The topological polar surface area (TPSA) is 50.7 Å². The second-order valence-electron chi connectivity index (χ2n) is 4.97. The van der Waals surface area contributed by atoms with Crippen LogP contribution in [0.15, 0.2) is 53.6 Å². The number of carbonyl (C=O) groups excluding carboxylic acids is 1. The lowest BCUT2D eigenvalue weighted by Crippen LogP contribution is -2.25. The number of benzene rings is 2. The van der Waals surface area contributed by atoms with Crippen LogP contribution in [0.2, 0.25) is 0 Å². The molecule has 1 N–H and O–H groups in total. The molecule has 0 aromatic heterocycles. The SMILES string of the molecule is O=C(COc1ccccc1F)NN=C1CCc2ccccc21. The third-order valence-corrected chi connectivity index (χ3v) is 3.47. The van der Waals surface area contributed by atoms with E-state index in [9.17, 15) is 9.18 Å². The van der Waals surface area contributed by atoms with Gasteiger partial charge in [-0.25, -0.2) is 9.82 Å². The second-order valence-corrected chi connectivity index (χ2v) is 4.97. The van der Waals surface area contributed by atoms with E-state index < -0.39 is 11.7 Å². The third-order valence-electron chi connectivity index (χ3n) is 3.47. The molecular formula is C17H15FN2O2. The maximum Gasteiger partial charge on any atom is 0.277 e. The van der Waals surface area contributed by atoms with Crippen LogP contribution in [0.4, 0.5) is 4.39 Å². The number of aryl methyl sites for hydroxylation is 1. The molecule has 1 aliphatic carbocycles. The van der Waals surface area contributed by atoms with E-state index >= 15 is 0 Å². The van der Waals surface area contributed by atoms with Crippen LogP contribution in [0.1, 0.15) is 17.5 Å². The lowest BCUT2D eigenvalue weighted by molar-refractivity contribution is -0.123. The lowest BCUT2D eigenvalue weighted by atomic mass is 10.1. The summed E-state index contributed by atoms with van der Waals surface area (Å²) in [6, 6.07) is 13.9. The number of carbonyl (C=O) groups is 1. The van der Waals surface area contributed by atoms with Gasteiger partial charge in [-0.15, -0.1) is 0 Å². The standard InChI is InChI=1S/C17H15FN2O2/c18-14-7-3-4-8-16(14)22-11-17(21)20-19-15-10-9-12-5-1-2-6-13(12)15/h1-8H,9-11H2,(H,20,21). The highest BCUT2D eigenvalue weighted by atomic mass is 19.1. The van der Waals surface area contributed by atoms with Gasteiger partial charge in [0.1, 0.15) is 0 Å². The highest BCUT2D eigenvalue weighted by Gasteiger charge is 2.17. The average Bonchev–Trinajstić information content (AvgIpc) is 2.95. The van der Waals surface area contributed by atoms with Gasteiger partial charge in [-0.05, 0) is 30.5 Å². The van der Waals surface area contributed by atoms with Crippen LogP contribution in [-0.4, -0.2) is 18.2 Å². The van der Waals surface area contributed by atoms with E-state index in [4.69, 9.17) is 4.74 Å². The molecule has 2 aromatic carbocycles. The van der Waals surface area contributed by atoms with E-state index in [0.717, 1.165) is 24.1 Å². The van der Waals surface area contributed by atoms with Crippen molar-refractivity contribution in [2.45, 2.75) is 12.8 Å². The average molecular weight is 298 g/mol. The number of halogens is 1. The Morgan fingerprint density at radius 3 is 2.77 bits per heavy atom. The van der Waals surface area contributed by atoms with Gasteiger partial charge in [0.15, 0.2) is 18.2 Å². The molecule has 0 fully saturated rings. The molecular weight excluding hydrogens is 283 g/mol. The number of hydrogen-bond donors (Lipinski definition) is 1. The largest absolute Gasteiger partial charge is 0.481 e. The van der Waals surface area contributed by atoms with Gasteiger partial charge in [0.05, 0.1) is 5.71 Å². The van der Waals surface area contributed by atoms with E-state index in [1.54, 1.807) is 12.1 Å². The maximum absolute atomic E-state index is 13.4. The first-order chi connectivity index (χ1) is 10.7. The first kappa shape index (κ1) is 14.3. The van der Waals surface area contributed by atoms with E-state index in [1.165, 1.54) is 17.7 Å². The molecule has 22 heavy (non-hydrogen) atoms. The van der Waals surface area contributed by atoms with Crippen LogP contribution in [0.3, 0.4) is 0 Å². The number of nitrogens with zero attached hydrogens (tertiary/aromatic N) is 1. The zero-order chi connectivity index (χ0) is 15.4. The summed E-state index contributed by atoms with van der Waals surface area (Å²) in [4.78, 5) is 11.7. The molecule has 112 valence electrons. The molecule has 1 amide bonds. The van der Waals surface area contributed by atoms with Gasteiger partial charge in [0.25, 0.3) is 5.91 Å². The molecule has 0 aliphatic heterocycles. The van der Waals surface area contributed by atoms with Gasteiger partial charge in [0, 0.05) is 5.56 Å². The molecule has 0 radical (unpaired) electrons. The smallest absolute Gasteiger partial charge is 0.277 e. The fraction of sp³-hybridized carbons (Fsp3) is 0.176. The Morgan fingerprint density at radius 1 is 1.14 bits per heavy atom. The van der Waals surface area contributed by atoms with E-state index in [1.807, 2.05) is 18.2 Å². The second kappa shape index (κ2) is 6.39. The van der Waals surface area contributed by atoms with Crippen molar-refractivity contribution in [3.05, 3.63) is 65.5 Å². The van der Waals surface area contributed by atoms with Gasteiger partial charge < -0.3 is 4.74 Å². The van der Waals surface area contributed by atoms with Crippen molar-refractivity contribution in [3.63, 3.8) is 0 Å². The number of fused-ring (bicyclic) bond motifs is 1. The van der Waals surface area contributed by atoms with Gasteiger partial charge in [-0.2, -0.15) is 5.10 Å². The highest BCUT2D eigenvalue weighted by Crippen LogP contribution is 2.21. The quantitative estimate of drug-likeness (QED) is 0.882. The van der Waals surface area contributed by atoms with Gasteiger partial charge in [-0.1, -0.05) is 36.4 Å². The molecule has 0 unspecified atom stereocenters. The molecule has 0 atom stereocenters. The summed E-state index contributed by atoms with van der Waals surface area (Å²) >= 11 is 0. The predicted octanol–water partition coefficient (Wildman–Crippen LogP) is 2.67. The Labute approximate surface area is 127 Å². The summed E-state index contributed by atoms with van der Waals surface area (Å²) in [6.07, 6.45) is 1.73. The van der Waals surface area contributed by atoms with Crippen molar-refractivity contribution < 1.29 is 13.9 Å². The monoisotopic (exact) mass is 298 g/mol. The molecule has 0 saturated heterocycles. The summed E-state index contributed by atoms with van der Waals surface area (Å²) < 4.78 is 18.5. The van der Waals surface area contributed by atoms with Crippen LogP contribution in [0.25, 0.3) is 0 Å². The van der Waals surface area contributed by atoms with Crippen molar-refractivity contribution in [1.82, 2.24) is 5.43 Å². The Hall–Kier alpha value is -2.69. The summed E-state index contributed by atoms with van der Waals surface area (Å²) in [5.74, 6) is -0.858. The normalized spacial score (nSPS) is 14.7. The molecule has 5 heteroatoms. The van der Waals surface area contributed by atoms with E-state index in [2.05, 4.69) is 16.6 Å². The Morgan fingerprint density at radius 2 is 1.91 bits per heavy atom. The summed E-state index contributed by atoms with van der Waals surface area (Å²) in [7, 11) is 0. The van der Waals surface area contributed by atoms with Gasteiger partial charge >= 0.3 is 0 Å². The molecule has 0 saturated carbocycles. The minimum absolute atomic E-state index is 0.0523. The number of hydrogen-bond acceptors (Lipinski definition) is 3. The number of para-hydroxylation sites is 1. The zero-order valence-corrected chi connectivity index (χ0v) is 11.9. The van der Waals surface area contributed by atoms with Crippen molar-refractivity contribution in [2.24, 2.45) is 5.10 Å². The van der Waals surface area contributed by atoms with E-state index in [0.29, 0.717) is 0 Å². The minimum Gasteiger partial charge on any atom is -0.481 e. The minimum atomic E-state index is -0.494. The Kier molecular flexibility index (Phi) is 4.14. The Balaban J connectivity index is 1.57. The first-order valence-corrected chi connectivity index (χ1v) is 7.05. The molecule has 0 spiro atoms. The number of amides is 1. The number of rotatable bonds is 4. The van der Waals surface area contributed by atoms with Crippen LogP contribution < -0.4 is 10.2 Å². The van der Waals surface area contributed by atoms with Crippen LogP contribution in [-0.2, 0) is 11.2 Å². The van der Waals surface area contributed by atoms with E-state index in [-0.39, 0.29) is 12.4 Å². The first-order valence-electron chi connectivity index (χ1n) is 7.05. The van der Waals surface area contributed by atoms with Crippen LogP contribution >= 0.6 is 0 Å². The number of ether oxygens (including phenoxy) is 1.